The molecule has 0 N–H and O–H groups in total. The van der Waals surface area contributed by atoms with E-state index < -0.39 is 11.7 Å². The minimum Gasteiger partial charge on any atom is -0.498 e. The third-order valence-electron chi connectivity index (χ3n) is 4.20. The van der Waals surface area contributed by atoms with Crippen molar-refractivity contribution in [3.05, 3.63) is 23.2 Å². The Kier molecular flexibility index (Phi) is 7.03. The summed E-state index contributed by atoms with van der Waals surface area (Å²) < 4.78 is 37.4. The lowest BCUT2D eigenvalue weighted by Gasteiger charge is -2.27. The standard InChI is InChI=1S/C16H26F2O2/c1-5-13-6-8-14(9-7-13)10-20-12(3)16(18)15(17)11(2)19-4/h13-14H,5-10H2,1-4H3/b15-11-,16-12-. The second-order valence-electron chi connectivity index (χ2n) is 5.55. The van der Waals surface area contributed by atoms with Crippen LogP contribution in [0.25, 0.3) is 0 Å². The molecule has 0 radical (unpaired) electrons. The molecule has 1 saturated carbocycles. The molecule has 0 unspecified atom stereocenters. The molecule has 0 spiro atoms. The van der Waals surface area contributed by atoms with E-state index in [1.807, 2.05) is 0 Å². The van der Waals surface area contributed by atoms with Gasteiger partial charge in [0.1, 0.15) is 11.5 Å². The average molecular weight is 288 g/mol. The van der Waals surface area contributed by atoms with Crippen LogP contribution in [0.2, 0.25) is 0 Å². The first kappa shape index (κ1) is 17.0. The van der Waals surface area contributed by atoms with Gasteiger partial charge in [0.05, 0.1) is 13.7 Å². The Morgan fingerprint density at radius 3 is 1.95 bits per heavy atom. The largest absolute Gasteiger partial charge is 0.498 e. The maximum Gasteiger partial charge on any atom is 0.199 e. The number of hydrogen-bond acceptors (Lipinski definition) is 2. The smallest absolute Gasteiger partial charge is 0.199 e. The van der Waals surface area contributed by atoms with Crippen molar-refractivity contribution < 1.29 is 18.3 Å². The van der Waals surface area contributed by atoms with Crippen LogP contribution in [0.1, 0.15) is 52.9 Å². The fourth-order valence-electron chi connectivity index (χ4n) is 2.51. The van der Waals surface area contributed by atoms with Crippen molar-refractivity contribution in [3.8, 4) is 0 Å². The minimum atomic E-state index is -0.986. The van der Waals surface area contributed by atoms with Crippen LogP contribution >= 0.6 is 0 Å². The number of halogens is 2. The fourth-order valence-corrected chi connectivity index (χ4v) is 2.51. The molecule has 0 bridgehead atoms. The Morgan fingerprint density at radius 1 is 0.950 bits per heavy atom. The summed E-state index contributed by atoms with van der Waals surface area (Å²) in [4.78, 5) is 0. The number of rotatable bonds is 6. The van der Waals surface area contributed by atoms with E-state index in [-0.39, 0.29) is 11.5 Å². The van der Waals surface area contributed by atoms with Crippen molar-refractivity contribution in [1.82, 2.24) is 0 Å². The normalized spacial score (nSPS) is 25.7. The van der Waals surface area contributed by atoms with E-state index in [0.717, 1.165) is 18.8 Å². The molecule has 0 heterocycles. The number of methoxy groups -OCH3 is 1. The van der Waals surface area contributed by atoms with Crippen molar-refractivity contribution >= 4 is 0 Å². The Balaban J connectivity index is 2.49. The average Bonchev–Trinajstić information content (AvgIpc) is 2.50. The summed E-state index contributed by atoms with van der Waals surface area (Å²) in [6.45, 7) is 5.52. The predicted molar refractivity (Wildman–Crippen MR) is 76.3 cm³/mol. The Labute approximate surface area is 120 Å². The summed E-state index contributed by atoms with van der Waals surface area (Å²) in [5, 5.41) is 0. The van der Waals surface area contributed by atoms with Gasteiger partial charge in [0.25, 0.3) is 0 Å². The molecular weight excluding hydrogens is 262 g/mol. The highest BCUT2D eigenvalue weighted by Gasteiger charge is 2.21. The van der Waals surface area contributed by atoms with Crippen LogP contribution in [0.3, 0.4) is 0 Å². The molecule has 116 valence electrons. The second-order valence-corrected chi connectivity index (χ2v) is 5.55. The molecule has 0 aromatic carbocycles. The molecule has 1 aliphatic carbocycles. The van der Waals surface area contributed by atoms with Crippen molar-refractivity contribution in [1.29, 1.82) is 0 Å². The van der Waals surface area contributed by atoms with Crippen LogP contribution in [0.5, 0.6) is 0 Å². The van der Waals surface area contributed by atoms with Gasteiger partial charge in [0.2, 0.25) is 0 Å². The lowest BCUT2D eigenvalue weighted by molar-refractivity contribution is 0.123. The highest BCUT2D eigenvalue weighted by molar-refractivity contribution is 5.23. The van der Waals surface area contributed by atoms with Crippen molar-refractivity contribution in [3.63, 3.8) is 0 Å². The molecular formula is C16H26F2O2. The van der Waals surface area contributed by atoms with Gasteiger partial charge in [0.15, 0.2) is 11.7 Å². The maximum absolute atomic E-state index is 13.7. The first-order valence-electron chi connectivity index (χ1n) is 7.39. The van der Waals surface area contributed by atoms with Crippen molar-refractivity contribution in [2.24, 2.45) is 11.8 Å². The number of hydrogen-bond donors (Lipinski definition) is 0. The fraction of sp³-hybridized carbons (Fsp3) is 0.750. The molecule has 2 nitrogen and oxygen atoms in total. The van der Waals surface area contributed by atoms with Gasteiger partial charge in [-0.3, -0.25) is 0 Å². The Hall–Kier alpha value is -1.06. The molecule has 1 aliphatic rings. The minimum absolute atomic E-state index is 0.00323. The topological polar surface area (TPSA) is 18.5 Å². The molecule has 1 rings (SSSR count). The molecule has 0 amide bonds. The molecule has 20 heavy (non-hydrogen) atoms. The van der Waals surface area contributed by atoms with Gasteiger partial charge in [0, 0.05) is 0 Å². The van der Waals surface area contributed by atoms with Crippen molar-refractivity contribution in [2.45, 2.75) is 52.9 Å². The van der Waals surface area contributed by atoms with Crippen LogP contribution in [0.15, 0.2) is 23.2 Å². The summed E-state index contributed by atoms with van der Waals surface area (Å²) in [5.41, 5.74) is 0. The zero-order chi connectivity index (χ0) is 15.1. The van der Waals surface area contributed by atoms with Gasteiger partial charge >= 0.3 is 0 Å². The third-order valence-corrected chi connectivity index (χ3v) is 4.20. The van der Waals surface area contributed by atoms with E-state index in [9.17, 15) is 8.78 Å². The molecule has 0 aromatic rings. The summed E-state index contributed by atoms with van der Waals surface area (Å²) in [7, 11) is 1.31. The van der Waals surface area contributed by atoms with E-state index in [1.165, 1.54) is 40.2 Å². The zero-order valence-electron chi connectivity index (χ0n) is 13.0. The van der Waals surface area contributed by atoms with Crippen molar-refractivity contribution in [2.75, 3.05) is 13.7 Å². The maximum atomic E-state index is 13.7. The van der Waals surface area contributed by atoms with Gasteiger partial charge in [-0.15, -0.1) is 0 Å². The summed E-state index contributed by atoms with van der Waals surface area (Å²) >= 11 is 0. The van der Waals surface area contributed by atoms with Crippen LogP contribution < -0.4 is 0 Å². The summed E-state index contributed by atoms with van der Waals surface area (Å²) in [5.74, 6) is -0.753. The van der Waals surface area contributed by atoms with E-state index >= 15 is 0 Å². The molecule has 0 aliphatic heterocycles. The first-order valence-corrected chi connectivity index (χ1v) is 7.39. The van der Waals surface area contributed by atoms with E-state index in [0.29, 0.717) is 12.5 Å². The van der Waals surface area contributed by atoms with Gasteiger partial charge in [-0.05, 0) is 38.5 Å². The monoisotopic (exact) mass is 288 g/mol. The highest BCUT2D eigenvalue weighted by Crippen LogP contribution is 2.31. The van der Waals surface area contributed by atoms with Crippen LogP contribution in [0, 0.1) is 11.8 Å². The van der Waals surface area contributed by atoms with Gasteiger partial charge in [-0.2, -0.15) is 8.78 Å². The SMILES string of the molecule is CCC1CCC(CO/C(C)=C(F)/C(F)=C(\C)OC)CC1. The molecule has 0 atom stereocenters. The third kappa shape index (κ3) is 4.80. The van der Waals surface area contributed by atoms with Gasteiger partial charge in [-0.1, -0.05) is 26.2 Å². The number of allylic oxidation sites excluding steroid dienone is 4. The van der Waals surface area contributed by atoms with Crippen LogP contribution in [0.4, 0.5) is 8.78 Å². The Morgan fingerprint density at radius 2 is 1.45 bits per heavy atom. The predicted octanol–water partition coefficient (Wildman–Crippen LogP) is 5.27. The lowest BCUT2D eigenvalue weighted by Crippen LogP contribution is -2.18. The van der Waals surface area contributed by atoms with Crippen LogP contribution in [-0.2, 0) is 9.47 Å². The second kappa shape index (κ2) is 8.28. The highest BCUT2D eigenvalue weighted by atomic mass is 19.2. The molecule has 4 heteroatoms. The van der Waals surface area contributed by atoms with Gasteiger partial charge < -0.3 is 9.47 Å². The lowest BCUT2D eigenvalue weighted by atomic mass is 9.81. The molecule has 0 aromatic heterocycles. The zero-order valence-corrected chi connectivity index (χ0v) is 13.0. The van der Waals surface area contributed by atoms with Gasteiger partial charge in [-0.25, -0.2) is 0 Å². The van der Waals surface area contributed by atoms with Crippen LogP contribution in [-0.4, -0.2) is 13.7 Å². The van der Waals surface area contributed by atoms with E-state index in [4.69, 9.17) is 4.74 Å². The quantitative estimate of drug-likeness (QED) is 0.490. The first-order chi connectivity index (χ1) is 9.49. The Bertz CT molecular complexity index is 367. The summed E-state index contributed by atoms with van der Waals surface area (Å²) in [6, 6.07) is 0. The summed E-state index contributed by atoms with van der Waals surface area (Å²) in [6.07, 6.45) is 5.89. The van der Waals surface area contributed by atoms with E-state index in [1.54, 1.807) is 0 Å². The number of ether oxygens (including phenoxy) is 2. The van der Waals surface area contributed by atoms with E-state index in [2.05, 4.69) is 11.7 Å². The molecule has 1 fully saturated rings. The molecule has 0 saturated heterocycles.